The third kappa shape index (κ3) is 5.79. The number of carbonyl (C=O) groups excluding carboxylic acids is 3. The summed E-state index contributed by atoms with van der Waals surface area (Å²) in [6, 6.07) is 3.59. The molecule has 1 aromatic rings. The fourth-order valence-electron chi connectivity index (χ4n) is 3.22. The van der Waals surface area contributed by atoms with E-state index in [4.69, 9.17) is 10.00 Å². The Kier molecular flexibility index (Phi) is 6.60. The fourth-order valence-corrected chi connectivity index (χ4v) is 3.97. The molecule has 2 rings (SSSR count). The Morgan fingerprint density at radius 2 is 1.93 bits per heavy atom. The van der Waals surface area contributed by atoms with E-state index in [0.29, 0.717) is 23.4 Å². The lowest BCUT2D eigenvalue weighted by Gasteiger charge is -2.28. The third-order valence-corrected chi connectivity index (χ3v) is 5.21. The van der Waals surface area contributed by atoms with Crippen molar-refractivity contribution in [2.45, 2.75) is 58.4 Å². The van der Waals surface area contributed by atoms with Gasteiger partial charge < -0.3 is 15.4 Å². The first kappa shape index (κ1) is 20.9. The Balaban J connectivity index is 1.94. The second-order valence-corrected chi connectivity index (χ2v) is 8.78. The lowest BCUT2D eigenvalue weighted by molar-refractivity contribution is -0.160. The molecule has 27 heavy (non-hydrogen) atoms. The standard InChI is InChI=1S/C19H25N3O4S/c1-18(2,3)22-14(23)10-19(7-4-5-8-19)17(25)26-12-15(24)21-16-13(11-20)6-9-27-16/h6,9H,4-5,7-8,10,12H2,1-3H3,(H,21,24)(H,22,23). The highest BCUT2D eigenvalue weighted by Crippen LogP contribution is 2.42. The molecule has 0 aliphatic heterocycles. The van der Waals surface area contributed by atoms with E-state index in [1.807, 2.05) is 26.8 Å². The fraction of sp³-hybridized carbons (Fsp3) is 0.579. The number of nitrogens with one attached hydrogen (secondary N) is 2. The van der Waals surface area contributed by atoms with Gasteiger partial charge in [-0.05, 0) is 45.1 Å². The van der Waals surface area contributed by atoms with Crippen LogP contribution in [0.25, 0.3) is 0 Å². The van der Waals surface area contributed by atoms with E-state index in [2.05, 4.69) is 10.6 Å². The highest BCUT2D eigenvalue weighted by Gasteiger charge is 2.44. The predicted molar refractivity (Wildman–Crippen MR) is 102 cm³/mol. The Morgan fingerprint density at radius 3 is 2.52 bits per heavy atom. The van der Waals surface area contributed by atoms with Crippen LogP contribution in [0.2, 0.25) is 0 Å². The first-order valence-corrected chi connectivity index (χ1v) is 9.79. The van der Waals surface area contributed by atoms with Crippen LogP contribution in [0.4, 0.5) is 5.00 Å². The van der Waals surface area contributed by atoms with Crippen LogP contribution in [0.3, 0.4) is 0 Å². The number of hydrogen-bond donors (Lipinski definition) is 2. The Hall–Kier alpha value is -2.40. The molecule has 1 saturated carbocycles. The van der Waals surface area contributed by atoms with Crippen LogP contribution in [0.15, 0.2) is 11.4 Å². The summed E-state index contributed by atoms with van der Waals surface area (Å²) in [5.41, 5.74) is -0.873. The molecule has 146 valence electrons. The normalized spacial score (nSPS) is 15.6. The van der Waals surface area contributed by atoms with Crippen molar-refractivity contribution in [3.63, 3.8) is 0 Å². The van der Waals surface area contributed by atoms with Crippen molar-refractivity contribution in [2.75, 3.05) is 11.9 Å². The minimum absolute atomic E-state index is 0.0637. The Morgan fingerprint density at radius 1 is 1.26 bits per heavy atom. The largest absolute Gasteiger partial charge is 0.455 e. The Bertz CT molecular complexity index is 752. The number of nitriles is 1. The predicted octanol–water partition coefficient (Wildman–Crippen LogP) is 2.97. The zero-order chi connectivity index (χ0) is 20.1. The van der Waals surface area contributed by atoms with Crippen LogP contribution in [-0.4, -0.2) is 29.9 Å². The summed E-state index contributed by atoms with van der Waals surface area (Å²) < 4.78 is 5.24. The van der Waals surface area contributed by atoms with E-state index in [1.165, 1.54) is 11.3 Å². The maximum Gasteiger partial charge on any atom is 0.313 e. The molecule has 0 aromatic carbocycles. The van der Waals surface area contributed by atoms with E-state index in [9.17, 15) is 14.4 Å². The Labute approximate surface area is 163 Å². The first-order valence-electron chi connectivity index (χ1n) is 8.91. The van der Waals surface area contributed by atoms with Crippen molar-refractivity contribution in [3.05, 3.63) is 17.0 Å². The number of ether oxygens (including phenoxy) is 1. The van der Waals surface area contributed by atoms with Gasteiger partial charge in [-0.3, -0.25) is 14.4 Å². The minimum atomic E-state index is -0.865. The van der Waals surface area contributed by atoms with Crippen LogP contribution in [0.5, 0.6) is 0 Å². The molecule has 1 aliphatic carbocycles. The summed E-state index contributed by atoms with van der Waals surface area (Å²) in [6.07, 6.45) is 2.92. The molecule has 0 atom stereocenters. The molecule has 0 radical (unpaired) electrons. The summed E-state index contributed by atoms with van der Waals surface area (Å²) in [5.74, 6) is -1.21. The van der Waals surface area contributed by atoms with Gasteiger partial charge in [0.1, 0.15) is 11.1 Å². The third-order valence-electron chi connectivity index (χ3n) is 4.38. The number of hydrogen-bond acceptors (Lipinski definition) is 6. The van der Waals surface area contributed by atoms with Crippen LogP contribution in [0.1, 0.15) is 58.4 Å². The highest BCUT2D eigenvalue weighted by atomic mass is 32.1. The van der Waals surface area contributed by atoms with Crippen molar-refractivity contribution in [1.82, 2.24) is 5.32 Å². The van der Waals surface area contributed by atoms with Crippen molar-refractivity contribution in [3.8, 4) is 6.07 Å². The quantitative estimate of drug-likeness (QED) is 0.725. The molecule has 1 aromatic heterocycles. The molecule has 0 saturated heterocycles. The molecule has 0 unspecified atom stereocenters. The SMILES string of the molecule is CC(C)(C)NC(=O)CC1(C(=O)OCC(=O)Nc2sccc2C#N)CCCC1. The molecule has 0 bridgehead atoms. The summed E-state index contributed by atoms with van der Waals surface area (Å²) in [4.78, 5) is 37.0. The van der Waals surface area contributed by atoms with Crippen LogP contribution in [-0.2, 0) is 19.1 Å². The smallest absolute Gasteiger partial charge is 0.313 e. The van der Waals surface area contributed by atoms with E-state index < -0.39 is 23.9 Å². The van der Waals surface area contributed by atoms with Crippen molar-refractivity contribution < 1.29 is 19.1 Å². The number of nitrogens with zero attached hydrogens (tertiary/aromatic N) is 1. The molecular weight excluding hydrogens is 366 g/mol. The van der Waals surface area contributed by atoms with E-state index in [0.717, 1.165) is 12.8 Å². The maximum atomic E-state index is 12.7. The molecule has 8 heteroatoms. The van der Waals surface area contributed by atoms with E-state index >= 15 is 0 Å². The van der Waals surface area contributed by atoms with Crippen molar-refractivity contribution in [2.24, 2.45) is 5.41 Å². The molecule has 1 fully saturated rings. The van der Waals surface area contributed by atoms with Gasteiger partial charge in [0.2, 0.25) is 5.91 Å². The van der Waals surface area contributed by atoms with E-state index in [-0.39, 0.29) is 17.9 Å². The van der Waals surface area contributed by atoms with Crippen LogP contribution in [0, 0.1) is 16.7 Å². The van der Waals surface area contributed by atoms with Gasteiger partial charge >= 0.3 is 5.97 Å². The van der Waals surface area contributed by atoms with Gasteiger partial charge in [-0.25, -0.2) is 0 Å². The summed E-state index contributed by atoms with van der Waals surface area (Å²) >= 11 is 1.23. The molecular formula is C19H25N3O4S. The zero-order valence-corrected chi connectivity index (χ0v) is 16.7. The number of carbonyl (C=O) groups is 3. The first-order chi connectivity index (χ1) is 12.6. The van der Waals surface area contributed by atoms with Gasteiger partial charge in [-0.15, -0.1) is 11.3 Å². The lowest BCUT2D eigenvalue weighted by Crippen LogP contribution is -2.44. The maximum absolute atomic E-state index is 12.7. The molecule has 1 heterocycles. The van der Waals surface area contributed by atoms with Crippen molar-refractivity contribution in [1.29, 1.82) is 5.26 Å². The van der Waals surface area contributed by atoms with Gasteiger partial charge in [0, 0.05) is 12.0 Å². The average Bonchev–Trinajstić information content (AvgIpc) is 3.20. The monoisotopic (exact) mass is 391 g/mol. The molecule has 2 N–H and O–H groups in total. The van der Waals surface area contributed by atoms with Crippen molar-refractivity contribution >= 4 is 34.1 Å². The number of esters is 1. The van der Waals surface area contributed by atoms with Gasteiger partial charge in [0.25, 0.3) is 5.91 Å². The highest BCUT2D eigenvalue weighted by molar-refractivity contribution is 7.14. The minimum Gasteiger partial charge on any atom is -0.455 e. The molecule has 0 spiro atoms. The summed E-state index contributed by atoms with van der Waals surface area (Å²) in [5, 5.41) is 16.5. The number of rotatable bonds is 6. The summed E-state index contributed by atoms with van der Waals surface area (Å²) in [6.45, 7) is 5.21. The number of anilines is 1. The number of amides is 2. The second-order valence-electron chi connectivity index (χ2n) is 7.86. The van der Waals surface area contributed by atoms with Gasteiger partial charge in [0.15, 0.2) is 6.61 Å². The summed E-state index contributed by atoms with van der Waals surface area (Å²) in [7, 11) is 0. The second kappa shape index (κ2) is 8.53. The van der Waals surface area contributed by atoms with Gasteiger partial charge in [-0.1, -0.05) is 12.8 Å². The number of thiophene rings is 1. The van der Waals surface area contributed by atoms with E-state index in [1.54, 1.807) is 11.4 Å². The molecule has 2 amide bonds. The van der Waals surface area contributed by atoms with Crippen LogP contribution >= 0.6 is 11.3 Å². The van der Waals surface area contributed by atoms with Gasteiger partial charge in [0.05, 0.1) is 11.0 Å². The lowest BCUT2D eigenvalue weighted by atomic mass is 9.82. The topological polar surface area (TPSA) is 108 Å². The average molecular weight is 391 g/mol. The van der Waals surface area contributed by atoms with Crippen LogP contribution < -0.4 is 10.6 Å². The van der Waals surface area contributed by atoms with Gasteiger partial charge in [-0.2, -0.15) is 5.26 Å². The molecule has 1 aliphatic rings. The zero-order valence-electron chi connectivity index (χ0n) is 15.9. The molecule has 7 nitrogen and oxygen atoms in total.